The van der Waals surface area contributed by atoms with Gasteiger partial charge in [-0.2, -0.15) is 11.8 Å². The number of hydrogen-bond donors (Lipinski definition) is 2. The van der Waals surface area contributed by atoms with E-state index in [4.69, 9.17) is 11.1 Å². The van der Waals surface area contributed by atoms with E-state index in [9.17, 15) is 0 Å². The Labute approximate surface area is 107 Å². The summed E-state index contributed by atoms with van der Waals surface area (Å²) in [6.07, 6.45) is 1.21. The number of benzene rings is 1. The summed E-state index contributed by atoms with van der Waals surface area (Å²) in [5, 5.41) is 7.66. The number of anilines is 1. The number of nitrogen functional groups attached to an aromatic ring is 1. The van der Waals surface area contributed by atoms with Gasteiger partial charge in [0.05, 0.1) is 0 Å². The van der Waals surface area contributed by atoms with E-state index in [0.717, 1.165) is 11.3 Å². The molecular weight excluding hydrogens is 230 g/mol. The van der Waals surface area contributed by atoms with Gasteiger partial charge in [0, 0.05) is 30.1 Å². The molecule has 1 aliphatic rings. The van der Waals surface area contributed by atoms with Crippen molar-refractivity contribution < 1.29 is 0 Å². The molecular formula is C13H19N3S. The normalized spacial score (nSPS) is 19.3. The molecule has 0 spiro atoms. The highest BCUT2D eigenvalue weighted by atomic mass is 32.2. The highest BCUT2D eigenvalue weighted by molar-refractivity contribution is 7.99. The summed E-state index contributed by atoms with van der Waals surface area (Å²) >= 11 is 2.00. The largest absolute Gasteiger partial charge is 0.384 e. The first-order valence-electron chi connectivity index (χ1n) is 5.85. The van der Waals surface area contributed by atoms with E-state index in [-0.39, 0.29) is 5.84 Å². The predicted octanol–water partition coefficient (Wildman–Crippen LogP) is 2.22. The zero-order chi connectivity index (χ0) is 12.4. The molecule has 1 saturated heterocycles. The SMILES string of the molecule is Cc1ccc(C(=N)N)c(N(C)C2CCSC2)c1. The molecule has 1 heterocycles. The molecule has 2 rings (SSSR count). The lowest BCUT2D eigenvalue weighted by Gasteiger charge is -2.28. The van der Waals surface area contributed by atoms with Crippen molar-refractivity contribution in [2.24, 2.45) is 5.73 Å². The molecule has 0 radical (unpaired) electrons. The molecule has 1 fully saturated rings. The van der Waals surface area contributed by atoms with Gasteiger partial charge in [0.15, 0.2) is 0 Å². The van der Waals surface area contributed by atoms with Crippen LogP contribution in [-0.4, -0.2) is 30.4 Å². The molecule has 0 aliphatic carbocycles. The fraction of sp³-hybridized carbons (Fsp3) is 0.462. The molecule has 17 heavy (non-hydrogen) atoms. The molecule has 0 amide bonds. The fourth-order valence-corrected chi connectivity index (χ4v) is 3.45. The maximum absolute atomic E-state index is 7.66. The second-order valence-corrected chi connectivity index (χ2v) is 5.71. The van der Waals surface area contributed by atoms with Crippen LogP contribution in [0, 0.1) is 12.3 Å². The fourth-order valence-electron chi connectivity index (χ4n) is 2.19. The van der Waals surface area contributed by atoms with E-state index >= 15 is 0 Å². The van der Waals surface area contributed by atoms with Crippen LogP contribution in [0.1, 0.15) is 17.5 Å². The number of nitrogens with one attached hydrogen (secondary N) is 1. The lowest BCUT2D eigenvalue weighted by Crippen LogP contribution is -2.33. The van der Waals surface area contributed by atoms with Gasteiger partial charge in [-0.05, 0) is 36.8 Å². The second-order valence-electron chi connectivity index (χ2n) is 4.56. The van der Waals surface area contributed by atoms with Crippen LogP contribution < -0.4 is 10.6 Å². The van der Waals surface area contributed by atoms with Gasteiger partial charge in [-0.25, -0.2) is 0 Å². The van der Waals surface area contributed by atoms with E-state index in [1.807, 2.05) is 23.9 Å². The Morgan fingerprint density at radius 3 is 2.88 bits per heavy atom. The molecule has 1 atom stereocenters. The van der Waals surface area contributed by atoms with E-state index in [1.165, 1.54) is 23.5 Å². The van der Waals surface area contributed by atoms with E-state index in [1.54, 1.807) is 0 Å². The van der Waals surface area contributed by atoms with Crippen molar-refractivity contribution in [3.05, 3.63) is 29.3 Å². The standard InChI is InChI=1S/C13H19N3S/c1-9-3-4-11(13(14)15)12(7-9)16(2)10-5-6-17-8-10/h3-4,7,10H,5-6,8H2,1-2H3,(H3,14,15). The van der Waals surface area contributed by atoms with Crippen molar-refractivity contribution in [3.8, 4) is 0 Å². The minimum atomic E-state index is 0.150. The molecule has 3 nitrogen and oxygen atoms in total. The number of aryl methyl sites for hydroxylation is 1. The average Bonchev–Trinajstić information content (AvgIpc) is 2.80. The minimum Gasteiger partial charge on any atom is -0.384 e. The van der Waals surface area contributed by atoms with Crippen LogP contribution in [0.25, 0.3) is 0 Å². The zero-order valence-corrected chi connectivity index (χ0v) is 11.2. The first-order valence-corrected chi connectivity index (χ1v) is 7.00. The molecule has 92 valence electrons. The Bertz CT molecular complexity index is 425. The average molecular weight is 249 g/mol. The van der Waals surface area contributed by atoms with Crippen LogP contribution in [0.4, 0.5) is 5.69 Å². The van der Waals surface area contributed by atoms with Crippen LogP contribution in [0.3, 0.4) is 0 Å². The van der Waals surface area contributed by atoms with Crippen molar-refractivity contribution in [2.45, 2.75) is 19.4 Å². The minimum absolute atomic E-state index is 0.150. The van der Waals surface area contributed by atoms with Gasteiger partial charge < -0.3 is 10.6 Å². The van der Waals surface area contributed by atoms with Crippen LogP contribution in [-0.2, 0) is 0 Å². The number of amidine groups is 1. The molecule has 1 aliphatic heterocycles. The zero-order valence-electron chi connectivity index (χ0n) is 10.4. The number of thioether (sulfide) groups is 1. The topological polar surface area (TPSA) is 53.1 Å². The summed E-state index contributed by atoms with van der Waals surface area (Å²) in [5.74, 6) is 2.55. The van der Waals surface area contributed by atoms with Gasteiger partial charge in [-0.3, -0.25) is 5.41 Å². The third kappa shape index (κ3) is 2.57. The van der Waals surface area contributed by atoms with Gasteiger partial charge in [0.2, 0.25) is 0 Å². The summed E-state index contributed by atoms with van der Waals surface area (Å²) in [4.78, 5) is 2.28. The van der Waals surface area contributed by atoms with Crippen molar-refractivity contribution in [1.29, 1.82) is 5.41 Å². The maximum atomic E-state index is 7.66. The van der Waals surface area contributed by atoms with E-state index in [2.05, 4.69) is 24.9 Å². The molecule has 0 bridgehead atoms. The maximum Gasteiger partial charge on any atom is 0.124 e. The summed E-state index contributed by atoms with van der Waals surface area (Å²) in [6, 6.07) is 6.66. The molecule has 1 aromatic rings. The Morgan fingerprint density at radius 1 is 1.53 bits per heavy atom. The lowest BCUT2D eigenvalue weighted by atomic mass is 10.1. The molecule has 4 heteroatoms. The van der Waals surface area contributed by atoms with Gasteiger partial charge in [0.25, 0.3) is 0 Å². The smallest absolute Gasteiger partial charge is 0.124 e. The molecule has 1 unspecified atom stereocenters. The third-order valence-electron chi connectivity index (χ3n) is 3.28. The lowest BCUT2D eigenvalue weighted by molar-refractivity contribution is 0.699. The first-order chi connectivity index (χ1) is 8.09. The number of nitrogens with two attached hydrogens (primary N) is 1. The number of nitrogens with zero attached hydrogens (tertiary/aromatic N) is 1. The quantitative estimate of drug-likeness (QED) is 0.638. The van der Waals surface area contributed by atoms with Crippen molar-refractivity contribution >= 4 is 23.3 Å². The third-order valence-corrected chi connectivity index (χ3v) is 4.42. The van der Waals surface area contributed by atoms with Crippen LogP contribution in [0.2, 0.25) is 0 Å². The predicted molar refractivity (Wildman–Crippen MR) is 76.3 cm³/mol. The van der Waals surface area contributed by atoms with Gasteiger partial charge in [-0.15, -0.1) is 0 Å². The van der Waals surface area contributed by atoms with Crippen LogP contribution in [0.5, 0.6) is 0 Å². The first kappa shape index (κ1) is 12.3. The van der Waals surface area contributed by atoms with Crippen LogP contribution in [0.15, 0.2) is 18.2 Å². The summed E-state index contributed by atoms with van der Waals surface area (Å²) < 4.78 is 0. The Kier molecular flexibility index (Phi) is 3.62. The number of hydrogen-bond acceptors (Lipinski definition) is 3. The van der Waals surface area contributed by atoms with Crippen LogP contribution >= 0.6 is 11.8 Å². The highest BCUT2D eigenvalue weighted by Crippen LogP contribution is 2.28. The molecule has 0 saturated carbocycles. The van der Waals surface area contributed by atoms with Crippen molar-refractivity contribution in [2.75, 3.05) is 23.5 Å². The molecule has 3 N–H and O–H groups in total. The summed E-state index contributed by atoms with van der Waals surface area (Å²) in [7, 11) is 2.11. The van der Waals surface area contributed by atoms with Crippen molar-refractivity contribution in [1.82, 2.24) is 0 Å². The Morgan fingerprint density at radius 2 is 2.29 bits per heavy atom. The monoisotopic (exact) mass is 249 g/mol. The Balaban J connectivity index is 2.34. The van der Waals surface area contributed by atoms with Gasteiger partial charge in [-0.1, -0.05) is 6.07 Å². The second kappa shape index (κ2) is 5.00. The Hall–Kier alpha value is -1.16. The highest BCUT2D eigenvalue weighted by Gasteiger charge is 2.22. The summed E-state index contributed by atoms with van der Waals surface area (Å²) in [5.41, 5.74) is 8.79. The van der Waals surface area contributed by atoms with E-state index < -0.39 is 0 Å². The van der Waals surface area contributed by atoms with Crippen molar-refractivity contribution in [3.63, 3.8) is 0 Å². The number of rotatable bonds is 3. The molecule has 1 aromatic carbocycles. The van der Waals surface area contributed by atoms with E-state index in [0.29, 0.717) is 6.04 Å². The van der Waals surface area contributed by atoms with Gasteiger partial charge in [0.1, 0.15) is 5.84 Å². The molecule has 0 aromatic heterocycles. The van der Waals surface area contributed by atoms with Gasteiger partial charge >= 0.3 is 0 Å². The summed E-state index contributed by atoms with van der Waals surface area (Å²) in [6.45, 7) is 2.07.